The van der Waals surface area contributed by atoms with Gasteiger partial charge in [-0.1, -0.05) is 32.0 Å². The molecule has 1 N–H and O–H groups in total. The van der Waals surface area contributed by atoms with Gasteiger partial charge in [-0.2, -0.15) is 0 Å². The van der Waals surface area contributed by atoms with Crippen molar-refractivity contribution in [3.63, 3.8) is 0 Å². The second kappa shape index (κ2) is 8.43. The molecular formula is C20H26N2O4S. The minimum absolute atomic E-state index is 0.338. The molecule has 0 spiro atoms. The van der Waals surface area contributed by atoms with Crippen molar-refractivity contribution in [1.29, 1.82) is 0 Å². The van der Waals surface area contributed by atoms with E-state index in [2.05, 4.69) is 19.2 Å². The number of sulfonamides is 1. The molecule has 0 unspecified atom stereocenters. The Morgan fingerprint density at radius 1 is 1.15 bits per heavy atom. The number of hydrogen-bond donors (Lipinski definition) is 1. The number of methoxy groups -OCH3 is 1. The van der Waals surface area contributed by atoms with Gasteiger partial charge in [-0.05, 0) is 48.2 Å². The average molecular weight is 391 g/mol. The SMILES string of the molecule is COc1ccc(C)cc1N(CC(=O)Nc1ccc(C(C)C)cc1)S(C)(=O)=O. The summed E-state index contributed by atoms with van der Waals surface area (Å²) in [7, 11) is -2.22. The van der Waals surface area contributed by atoms with Crippen molar-refractivity contribution in [3.05, 3.63) is 53.6 Å². The maximum atomic E-state index is 12.5. The van der Waals surface area contributed by atoms with Crippen molar-refractivity contribution in [1.82, 2.24) is 0 Å². The number of nitrogens with zero attached hydrogens (tertiary/aromatic N) is 1. The highest BCUT2D eigenvalue weighted by Crippen LogP contribution is 2.31. The quantitative estimate of drug-likeness (QED) is 0.785. The summed E-state index contributed by atoms with van der Waals surface area (Å²) in [6.45, 7) is 5.68. The highest BCUT2D eigenvalue weighted by Gasteiger charge is 2.24. The molecule has 0 bridgehead atoms. The first kappa shape index (κ1) is 20.8. The Hall–Kier alpha value is -2.54. The molecule has 27 heavy (non-hydrogen) atoms. The third kappa shape index (κ3) is 5.47. The second-order valence-corrected chi connectivity index (χ2v) is 8.68. The summed E-state index contributed by atoms with van der Waals surface area (Å²) >= 11 is 0. The van der Waals surface area contributed by atoms with Gasteiger partial charge < -0.3 is 10.1 Å². The van der Waals surface area contributed by atoms with Gasteiger partial charge in [0.05, 0.1) is 19.1 Å². The van der Waals surface area contributed by atoms with Gasteiger partial charge in [-0.25, -0.2) is 8.42 Å². The maximum absolute atomic E-state index is 12.5. The number of benzene rings is 2. The predicted octanol–water partition coefficient (Wildman–Crippen LogP) is 3.53. The van der Waals surface area contributed by atoms with Crippen LogP contribution < -0.4 is 14.4 Å². The van der Waals surface area contributed by atoms with Crippen LogP contribution in [0.5, 0.6) is 5.75 Å². The van der Waals surface area contributed by atoms with E-state index in [0.29, 0.717) is 23.0 Å². The number of ether oxygens (including phenoxy) is 1. The topological polar surface area (TPSA) is 75.7 Å². The van der Waals surface area contributed by atoms with Crippen molar-refractivity contribution in [2.24, 2.45) is 0 Å². The molecule has 0 aliphatic heterocycles. The highest BCUT2D eigenvalue weighted by molar-refractivity contribution is 7.92. The number of rotatable bonds is 7. The zero-order valence-corrected chi connectivity index (χ0v) is 17.1. The Labute approximate surface area is 161 Å². The first-order valence-electron chi connectivity index (χ1n) is 8.64. The van der Waals surface area contributed by atoms with Crippen molar-refractivity contribution in [3.8, 4) is 5.75 Å². The van der Waals surface area contributed by atoms with Crippen LogP contribution in [0.25, 0.3) is 0 Å². The number of aryl methyl sites for hydroxylation is 1. The van der Waals surface area contributed by atoms with Gasteiger partial charge in [0.1, 0.15) is 12.3 Å². The predicted molar refractivity (Wildman–Crippen MR) is 109 cm³/mol. The summed E-state index contributed by atoms with van der Waals surface area (Å²) in [5.41, 5.74) is 2.98. The molecule has 2 aromatic carbocycles. The summed E-state index contributed by atoms with van der Waals surface area (Å²) in [6, 6.07) is 12.7. The molecule has 1 amide bonds. The Balaban J connectivity index is 2.24. The lowest BCUT2D eigenvalue weighted by molar-refractivity contribution is -0.114. The molecule has 0 aliphatic carbocycles. The van der Waals surface area contributed by atoms with Gasteiger partial charge in [0.25, 0.3) is 0 Å². The number of carbonyl (C=O) groups excluding carboxylic acids is 1. The summed E-state index contributed by atoms with van der Waals surface area (Å²) < 4.78 is 30.9. The van der Waals surface area contributed by atoms with Crippen molar-refractivity contribution in [2.75, 3.05) is 29.5 Å². The smallest absolute Gasteiger partial charge is 0.245 e. The molecule has 2 rings (SSSR count). The van der Waals surface area contributed by atoms with E-state index in [-0.39, 0.29) is 6.54 Å². The third-order valence-electron chi connectivity index (χ3n) is 4.15. The zero-order valence-electron chi connectivity index (χ0n) is 16.3. The first-order chi connectivity index (χ1) is 12.6. The number of hydrogen-bond acceptors (Lipinski definition) is 4. The van der Waals surface area contributed by atoms with Crippen LogP contribution in [0.4, 0.5) is 11.4 Å². The molecule has 0 aliphatic rings. The lowest BCUT2D eigenvalue weighted by Crippen LogP contribution is -2.37. The van der Waals surface area contributed by atoms with Gasteiger partial charge >= 0.3 is 0 Å². The van der Waals surface area contributed by atoms with Crippen LogP contribution in [-0.2, 0) is 14.8 Å². The fourth-order valence-electron chi connectivity index (χ4n) is 2.66. The van der Waals surface area contributed by atoms with Gasteiger partial charge in [0.2, 0.25) is 15.9 Å². The van der Waals surface area contributed by atoms with E-state index < -0.39 is 15.9 Å². The summed E-state index contributed by atoms with van der Waals surface area (Å²) in [6.07, 6.45) is 1.07. The van der Waals surface area contributed by atoms with Crippen LogP contribution >= 0.6 is 0 Å². The van der Waals surface area contributed by atoms with Crippen LogP contribution in [0.3, 0.4) is 0 Å². The molecule has 0 saturated heterocycles. The minimum atomic E-state index is -3.68. The summed E-state index contributed by atoms with van der Waals surface area (Å²) in [4.78, 5) is 12.5. The molecule has 6 nitrogen and oxygen atoms in total. The first-order valence-corrected chi connectivity index (χ1v) is 10.5. The molecule has 0 aromatic heterocycles. The fourth-order valence-corrected chi connectivity index (χ4v) is 3.51. The van der Waals surface area contributed by atoms with E-state index in [1.54, 1.807) is 12.1 Å². The third-order valence-corrected chi connectivity index (χ3v) is 5.28. The largest absolute Gasteiger partial charge is 0.495 e. The van der Waals surface area contributed by atoms with Gasteiger partial charge in [0, 0.05) is 5.69 Å². The lowest BCUT2D eigenvalue weighted by Gasteiger charge is -2.24. The van der Waals surface area contributed by atoms with E-state index in [4.69, 9.17) is 4.74 Å². The number of nitrogens with one attached hydrogen (secondary N) is 1. The number of amides is 1. The molecule has 0 saturated carbocycles. The summed E-state index contributed by atoms with van der Waals surface area (Å²) in [5, 5.41) is 2.75. The molecule has 2 aromatic rings. The number of anilines is 2. The molecule has 146 valence electrons. The Kier molecular flexibility index (Phi) is 6.49. The standard InChI is InChI=1S/C20H26N2O4S/c1-14(2)16-7-9-17(10-8-16)21-20(23)13-22(27(5,24)25)18-12-15(3)6-11-19(18)26-4/h6-12,14H,13H2,1-5H3,(H,21,23). The van der Waals surface area contributed by atoms with Crippen LogP contribution in [-0.4, -0.2) is 34.2 Å². The lowest BCUT2D eigenvalue weighted by atomic mass is 10.0. The maximum Gasteiger partial charge on any atom is 0.245 e. The van der Waals surface area contributed by atoms with Crippen LogP contribution in [0, 0.1) is 6.92 Å². The van der Waals surface area contributed by atoms with E-state index >= 15 is 0 Å². The Morgan fingerprint density at radius 3 is 2.30 bits per heavy atom. The second-order valence-electron chi connectivity index (χ2n) is 6.77. The van der Waals surface area contributed by atoms with Crippen LogP contribution in [0.2, 0.25) is 0 Å². The minimum Gasteiger partial charge on any atom is -0.495 e. The number of carbonyl (C=O) groups is 1. The molecule has 0 radical (unpaired) electrons. The molecule has 0 heterocycles. The van der Waals surface area contributed by atoms with Crippen molar-refractivity contribution < 1.29 is 17.9 Å². The van der Waals surface area contributed by atoms with Crippen molar-refractivity contribution in [2.45, 2.75) is 26.7 Å². The normalized spacial score (nSPS) is 11.3. The molecule has 7 heteroatoms. The monoisotopic (exact) mass is 390 g/mol. The van der Waals surface area contributed by atoms with Crippen LogP contribution in [0.15, 0.2) is 42.5 Å². The van der Waals surface area contributed by atoms with Gasteiger partial charge in [-0.3, -0.25) is 9.10 Å². The molecular weight excluding hydrogens is 364 g/mol. The molecule has 0 atom stereocenters. The van der Waals surface area contributed by atoms with E-state index in [0.717, 1.165) is 21.7 Å². The highest BCUT2D eigenvalue weighted by atomic mass is 32.2. The van der Waals surface area contributed by atoms with Crippen molar-refractivity contribution >= 4 is 27.3 Å². The Bertz CT molecular complexity index is 906. The average Bonchev–Trinajstić information content (AvgIpc) is 2.59. The zero-order chi connectivity index (χ0) is 20.2. The fraction of sp³-hybridized carbons (Fsp3) is 0.350. The molecule has 0 fully saturated rings. The van der Waals surface area contributed by atoms with Crippen LogP contribution in [0.1, 0.15) is 30.9 Å². The van der Waals surface area contributed by atoms with E-state index in [9.17, 15) is 13.2 Å². The Morgan fingerprint density at radius 2 is 1.78 bits per heavy atom. The van der Waals surface area contributed by atoms with Gasteiger partial charge in [-0.15, -0.1) is 0 Å². The van der Waals surface area contributed by atoms with Gasteiger partial charge in [0.15, 0.2) is 0 Å². The summed E-state index contributed by atoms with van der Waals surface area (Å²) in [5.74, 6) is 0.352. The van der Waals surface area contributed by atoms with E-state index in [1.807, 2.05) is 37.3 Å². The van der Waals surface area contributed by atoms with E-state index in [1.165, 1.54) is 7.11 Å².